The highest BCUT2D eigenvalue weighted by Crippen LogP contribution is 2.22. The van der Waals surface area contributed by atoms with Gasteiger partial charge in [0.1, 0.15) is 0 Å². The first-order chi connectivity index (χ1) is 13.8. The number of rotatable bonds is 3. The van der Waals surface area contributed by atoms with Gasteiger partial charge in [-0.15, -0.1) is 0 Å². The number of urea groups is 1. The molecule has 8 nitrogen and oxygen atoms in total. The number of hydrogen-bond donors (Lipinski definition) is 2. The van der Waals surface area contributed by atoms with Gasteiger partial charge in [-0.1, -0.05) is 0 Å². The zero-order chi connectivity index (χ0) is 20.8. The van der Waals surface area contributed by atoms with Crippen LogP contribution in [0.15, 0.2) is 18.5 Å². The second-order valence-electron chi connectivity index (χ2n) is 7.35. The van der Waals surface area contributed by atoms with Crippen LogP contribution in [-0.2, 0) is 17.8 Å². The Morgan fingerprint density at radius 2 is 1.86 bits per heavy atom. The number of hydrogen-bond acceptors (Lipinski definition) is 4. The van der Waals surface area contributed by atoms with Crippen molar-refractivity contribution in [2.24, 2.45) is 0 Å². The van der Waals surface area contributed by atoms with E-state index in [0.29, 0.717) is 44.1 Å². The van der Waals surface area contributed by atoms with Crippen LogP contribution in [0.3, 0.4) is 0 Å². The number of halogens is 3. The number of nitrogens with zero attached hydrogens (tertiary/aromatic N) is 3. The minimum Gasteiger partial charge on any atom is -0.376 e. The van der Waals surface area contributed by atoms with Gasteiger partial charge >= 0.3 is 6.03 Å². The van der Waals surface area contributed by atoms with Gasteiger partial charge in [-0.3, -0.25) is 4.79 Å². The number of imidazole rings is 1. The van der Waals surface area contributed by atoms with Crippen LogP contribution >= 0.6 is 0 Å². The predicted molar refractivity (Wildman–Crippen MR) is 94.7 cm³/mol. The molecule has 4 rings (SSSR count). The summed E-state index contributed by atoms with van der Waals surface area (Å²) in [6.45, 7) is 3.46. The highest BCUT2D eigenvalue weighted by atomic mass is 19.2. The Bertz CT molecular complexity index is 966. The van der Waals surface area contributed by atoms with Crippen LogP contribution < -0.4 is 10.6 Å². The molecule has 2 aliphatic rings. The van der Waals surface area contributed by atoms with Gasteiger partial charge in [-0.2, -0.15) is 0 Å². The zero-order valence-corrected chi connectivity index (χ0v) is 15.5. The van der Waals surface area contributed by atoms with E-state index in [1.807, 2.05) is 6.92 Å². The van der Waals surface area contributed by atoms with Crippen molar-refractivity contribution in [2.75, 3.05) is 25.1 Å². The average Bonchev–Trinajstić information content (AvgIpc) is 3.08. The van der Waals surface area contributed by atoms with Gasteiger partial charge in [-0.25, -0.2) is 22.9 Å². The number of amides is 3. The van der Waals surface area contributed by atoms with Gasteiger partial charge in [0.2, 0.25) is 0 Å². The number of aromatic nitrogens is 2. The fraction of sp³-hybridized carbons (Fsp3) is 0.389. The number of fused-ring (bicyclic) bond motifs is 1. The van der Waals surface area contributed by atoms with Gasteiger partial charge in [0.25, 0.3) is 5.91 Å². The smallest absolute Gasteiger partial charge is 0.322 e. The highest BCUT2D eigenvalue weighted by molar-refractivity contribution is 5.94. The summed E-state index contributed by atoms with van der Waals surface area (Å²) in [6.07, 6.45) is 1.53. The topological polar surface area (TPSA) is 88.5 Å². The number of anilines is 1. The second-order valence-corrected chi connectivity index (χ2v) is 7.35. The molecule has 2 aromatic rings. The molecule has 0 spiro atoms. The van der Waals surface area contributed by atoms with Gasteiger partial charge < -0.3 is 24.8 Å². The van der Waals surface area contributed by atoms with Gasteiger partial charge in [0.05, 0.1) is 37.3 Å². The molecule has 3 heterocycles. The summed E-state index contributed by atoms with van der Waals surface area (Å²) in [7, 11) is 0. The minimum atomic E-state index is -1.61. The molecule has 154 valence electrons. The summed E-state index contributed by atoms with van der Waals surface area (Å²) in [5.74, 6) is -4.77. The Hall–Kier alpha value is -3.08. The number of ether oxygens (including phenoxy) is 1. The molecule has 2 N–H and O–H groups in total. The molecule has 11 heteroatoms. The SMILES string of the molecule is CC1(NC(=O)c2ncn3c2CN(C(=O)Nc2cc(F)c(F)c(F)c2)CC3)COC1. The van der Waals surface area contributed by atoms with Crippen LogP contribution in [0, 0.1) is 17.5 Å². The quantitative estimate of drug-likeness (QED) is 0.758. The van der Waals surface area contributed by atoms with E-state index in [1.54, 1.807) is 4.57 Å². The molecule has 3 amide bonds. The Labute approximate surface area is 163 Å². The first kappa shape index (κ1) is 19.2. The molecule has 1 aromatic carbocycles. The summed E-state index contributed by atoms with van der Waals surface area (Å²) < 4.78 is 46.7. The first-order valence-electron chi connectivity index (χ1n) is 8.90. The Balaban J connectivity index is 1.47. The van der Waals surface area contributed by atoms with E-state index in [1.165, 1.54) is 11.2 Å². The molecule has 0 bridgehead atoms. The summed E-state index contributed by atoms with van der Waals surface area (Å²) in [5, 5.41) is 5.21. The molecule has 1 saturated heterocycles. The van der Waals surface area contributed by atoms with E-state index in [-0.39, 0.29) is 23.8 Å². The van der Waals surface area contributed by atoms with Gasteiger partial charge in [0.15, 0.2) is 23.1 Å². The molecule has 2 aliphatic heterocycles. The lowest BCUT2D eigenvalue weighted by atomic mass is 10.0. The van der Waals surface area contributed by atoms with E-state index >= 15 is 0 Å². The third kappa shape index (κ3) is 3.65. The number of nitrogens with one attached hydrogen (secondary N) is 2. The lowest BCUT2D eigenvalue weighted by Crippen LogP contribution is -2.60. The van der Waals surface area contributed by atoms with E-state index in [9.17, 15) is 22.8 Å². The van der Waals surface area contributed by atoms with Crippen LogP contribution in [-0.4, -0.2) is 51.7 Å². The maximum atomic E-state index is 13.4. The van der Waals surface area contributed by atoms with E-state index in [2.05, 4.69) is 15.6 Å². The van der Waals surface area contributed by atoms with Crippen molar-refractivity contribution in [2.45, 2.75) is 25.6 Å². The fourth-order valence-electron chi connectivity index (χ4n) is 3.26. The Morgan fingerprint density at radius 1 is 1.17 bits per heavy atom. The fourth-order valence-corrected chi connectivity index (χ4v) is 3.26. The van der Waals surface area contributed by atoms with E-state index < -0.39 is 29.0 Å². The molecule has 1 aromatic heterocycles. The van der Waals surface area contributed by atoms with Crippen molar-refractivity contribution < 1.29 is 27.5 Å². The van der Waals surface area contributed by atoms with Crippen molar-refractivity contribution in [3.63, 3.8) is 0 Å². The summed E-state index contributed by atoms with van der Waals surface area (Å²) >= 11 is 0. The molecule has 0 aliphatic carbocycles. The van der Waals surface area contributed by atoms with Crippen molar-refractivity contribution in [3.8, 4) is 0 Å². The molecule has 1 fully saturated rings. The molecular weight excluding hydrogens is 391 g/mol. The molecule has 0 unspecified atom stereocenters. The standard InChI is InChI=1S/C18H18F3N5O3/c1-18(7-29-8-18)24-16(27)15-13-6-25(2-3-26(13)9-22-15)17(28)23-10-4-11(19)14(21)12(20)5-10/h4-5,9H,2-3,6-8H2,1H3,(H,23,28)(H,24,27). The largest absolute Gasteiger partial charge is 0.376 e. The zero-order valence-electron chi connectivity index (χ0n) is 15.5. The molecule has 0 saturated carbocycles. The number of benzene rings is 1. The second kappa shape index (κ2) is 7.07. The third-order valence-corrected chi connectivity index (χ3v) is 4.89. The van der Waals surface area contributed by atoms with Crippen LogP contribution in [0.25, 0.3) is 0 Å². The van der Waals surface area contributed by atoms with Crippen molar-refractivity contribution >= 4 is 17.6 Å². The third-order valence-electron chi connectivity index (χ3n) is 4.89. The minimum absolute atomic E-state index is 0.0773. The monoisotopic (exact) mass is 409 g/mol. The van der Waals surface area contributed by atoms with Gasteiger partial charge in [0, 0.05) is 30.9 Å². The lowest BCUT2D eigenvalue weighted by Gasteiger charge is -2.38. The van der Waals surface area contributed by atoms with Crippen molar-refractivity contribution in [3.05, 3.63) is 47.3 Å². The number of carbonyl (C=O) groups is 2. The Morgan fingerprint density at radius 3 is 2.48 bits per heavy atom. The normalized spacial score (nSPS) is 17.3. The van der Waals surface area contributed by atoms with E-state index in [4.69, 9.17) is 4.74 Å². The van der Waals surface area contributed by atoms with Crippen LogP contribution in [0.1, 0.15) is 23.1 Å². The highest BCUT2D eigenvalue weighted by Gasteiger charge is 2.37. The average molecular weight is 409 g/mol. The first-order valence-corrected chi connectivity index (χ1v) is 8.90. The van der Waals surface area contributed by atoms with E-state index in [0.717, 1.165) is 0 Å². The van der Waals surface area contributed by atoms with Crippen molar-refractivity contribution in [1.82, 2.24) is 19.8 Å². The van der Waals surface area contributed by atoms with Crippen LogP contribution in [0.4, 0.5) is 23.7 Å². The lowest BCUT2D eigenvalue weighted by molar-refractivity contribution is -0.0594. The number of carbonyl (C=O) groups excluding carboxylic acids is 2. The summed E-state index contributed by atoms with van der Waals surface area (Å²) in [5.41, 5.74) is 0.0934. The summed E-state index contributed by atoms with van der Waals surface area (Å²) in [4.78, 5) is 30.6. The Kier molecular flexibility index (Phi) is 4.69. The predicted octanol–water partition coefficient (Wildman–Crippen LogP) is 1.87. The van der Waals surface area contributed by atoms with Crippen LogP contribution in [0.5, 0.6) is 0 Å². The molecule has 29 heavy (non-hydrogen) atoms. The maximum absolute atomic E-state index is 13.4. The molecular formula is C18H18F3N5O3. The maximum Gasteiger partial charge on any atom is 0.322 e. The molecule has 0 radical (unpaired) electrons. The summed E-state index contributed by atoms with van der Waals surface area (Å²) in [6, 6.07) is 0.767. The van der Waals surface area contributed by atoms with Gasteiger partial charge in [-0.05, 0) is 6.92 Å². The van der Waals surface area contributed by atoms with Crippen LogP contribution in [0.2, 0.25) is 0 Å². The molecule has 0 atom stereocenters. The van der Waals surface area contributed by atoms with Crippen molar-refractivity contribution in [1.29, 1.82) is 0 Å².